The third-order valence-corrected chi connectivity index (χ3v) is 4.78. The Balaban J connectivity index is 1.48. The molecule has 1 atom stereocenters. The number of hydrogen-bond donors (Lipinski definition) is 1. The van der Waals surface area contributed by atoms with Gasteiger partial charge in [-0.25, -0.2) is 9.18 Å². The lowest BCUT2D eigenvalue weighted by atomic mass is 9.88. The highest BCUT2D eigenvalue weighted by molar-refractivity contribution is 5.67. The summed E-state index contributed by atoms with van der Waals surface area (Å²) in [4.78, 5) is 11.7. The molecule has 0 radical (unpaired) electrons. The van der Waals surface area contributed by atoms with Crippen molar-refractivity contribution in [2.75, 3.05) is 13.2 Å². The minimum absolute atomic E-state index is 0.0743. The van der Waals surface area contributed by atoms with Crippen molar-refractivity contribution in [3.8, 4) is 5.75 Å². The fourth-order valence-corrected chi connectivity index (χ4v) is 3.31. The van der Waals surface area contributed by atoms with Crippen LogP contribution in [0.3, 0.4) is 0 Å². The lowest BCUT2D eigenvalue weighted by molar-refractivity contribution is -0.140. The monoisotopic (exact) mass is 411 g/mol. The van der Waals surface area contributed by atoms with Crippen LogP contribution in [0.5, 0.6) is 5.75 Å². The third-order valence-electron chi connectivity index (χ3n) is 4.78. The normalized spacial score (nSPS) is 15.9. The van der Waals surface area contributed by atoms with Crippen LogP contribution >= 0.6 is 0 Å². The molecule has 29 heavy (non-hydrogen) atoms. The molecule has 0 aliphatic carbocycles. The Hall–Kier alpha value is -2.77. The molecule has 4 nitrogen and oxygen atoms in total. The van der Waals surface area contributed by atoms with Gasteiger partial charge in [-0.1, -0.05) is 30.3 Å². The van der Waals surface area contributed by atoms with Gasteiger partial charge in [0, 0.05) is 12.1 Å². The topological polar surface area (TPSA) is 47.6 Å². The molecule has 1 unspecified atom stereocenters. The van der Waals surface area contributed by atoms with Gasteiger partial charge in [0.2, 0.25) is 0 Å². The number of carbonyl (C=O) groups excluding carboxylic acids is 1. The van der Waals surface area contributed by atoms with E-state index in [9.17, 15) is 22.4 Å². The molecule has 3 rings (SSSR count). The Morgan fingerprint density at radius 1 is 1.21 bits per heavy atom. The fraction of sp³-hybridized carbons (Fsp3) is 0.381. The summed E-state index contributed by atoms with van der Waals surface area (Å²) in [6.45, 7) is 0.789. The van der Waals surface area contributed by atoms with Gasteiger partial charge in [-0.15, -0.1) is 0 Å². The molecule has 8 heteroatoms. The van der Waals surface area contributed by atoms with Gasteiger partial charge in [0.25, 0.3) is 0 Å². The summed E-state index contributed by atoms with van der Waals surface area (Å²) in [5, 5.41) is 2.64. The quantitative estimate of drug-likeness (QED) is 0.510. The Bertz CT molecular complexity index is 840. The molecule has 0 aromatic heterocycles. The van der Waals surface area contributed by atoms with Gasteiger partial charge < -0.3 is 14.8 Å². The summed E-state index contributed by atoms with van der Waals surface area (Å²) in [7, 11) is 0. The van der Waals surface area contributed by atoms with Crippen molar-refractivity contribution in [1.82, 2.24) is 5.32 Å². The third kappa shape index (κ3) is 5.62. The molecule has 1 heterocycles. The molecule has 1 amide bonds. The van der Waals surface area contributed by atoms with Crippen molar-refractivity contribution in [2.45, 2.75) is 38.0 Å². The SMILES string of the molecule is O=C(NCCCC1CCOc2cc(C(F)(F)F)c(F)cc21)OCc1ccccc1. The number of halogens is 4. The second-order valence-electron chi connectivity index (χ2n) is 6.83. The lowest BCUT2D eigenvalue weighted by Crippen LogP contribution is -2.26. The average Bonchev–Trinajstić information content (AvgIpc) is 2.69. The van der Waals surface area contributed by atoms with E-state index in [1.807, 2.05) is 30.3 Å². The molecule has 0 saturated carbocycles. The van der Waals surface area contributed by atoms with E-state index in [1.54, 1.807) is 0 Å². The van der Waals surface area contributed by atoms with Crippen molar-refractivity contribution in [3.05, 3.63) is 65.0 Å². The van der Waals surface area contributed by atoms with Crippen molar-refractivity contribution < 1.29 is 31.8 Å². The van der Waals surface area contributed by atoms with E-state index in [1.165, 1.54) is 0 Å². The number of carbonyl (C=O) groups is 1. The van der Waals surface area contributed by atoms with Crippen LogP contribution in [-0.4, -0.2) is 19.2 Å². The molecule has 0 fully saturated rings. The average molecular weight is 411 g/mol. The van der Waals surface area contributed by atoms with Crippen LogP contribution < -0.4 is 10.1 Å². The Morgan fingerprint density at radius 3 is 2.69 bits per heavy atom. The second-order valence-corrected chi connectivity index (χ2v) is 6.83. The van der Waals surface area contributed by atoms with Gasteiger partial charge in [0.1, 0.15) is 18.2 Å². The first-order valence-electron chi connectivity index (χ1n) is 9.32. The van der Waals surface area contributed by atoms with Gasteiger partial charge in [-0.05, 0) is 42.9 Å². The number of rotatable bonds is 6. The van der Waals surface area contributed by atoms with Crippen LogP contribution in [0.4, 0.5) is 22.4 Å². The molecular formula is C21H21F4NO3. The van der Waals surface area contributed by atoms with Gasteiger partial charge in [-0.3, -0.25) is 0 Å². The van der Waals surface area contributed by atoms with Crippen LogP contribution in [-0.2, 0) is 17.5 Å². The molecule has 1 aliphatic heterocycles. The summed E-state index contributed by atoms with van der Waals surface area (Å²) in [5.41, 5.74) is -0.00477. The number of benzene rings is 2. The zero-order valence-corrected chi connectivity index (χ0v) is 15.6. The highest BCUT2D eigenvalue weighted by Crippen LogP contribution is 2.41. The number of nitrogens with one attached hydrogen (secondary N) is 1. The Morgan fingerprint density at radius 2 is 1.97 bits per heavy atom. The summed E-state index contributed by atoms with van der Waals surface area (Å²) >= 11 is 0. The van der Waals surface area contributed by atoms with Crippen molar-refractivity contribution >= 4 is 6.09 Å². The summed E-state index contributed by atoms with van der Waals surface area (Å²) in [5.74, 6) is -1.35. The molecule has 156 valence electrons. The number of fused-ring (bicyclic) bond motifs is 1. The van der Waals surface area contributed by atoms with Gasteiger partial charge in [-0.2, -0.15) is 13.2 Å². The van der Waals surface area contributed by atoms with Crippen LogP contribution in [0.2, 0.25) is 0 Å². The summed E-state index contributed by atoms with van der Waals surface area (Å²) < 4.78 is 62.9. The number of alkyl carbamates (subject to hydrolysis) is 1. The Labute approximate surface area is 165 Å². The fourth-order valence-electron chi connectivity index (χ4n) is 3.31. The standard InChI is InChI=1S/C21H21F4NO3/c22-18-11-16-15(8-10-28-19(16)12-17(18)21(23,24)25)7-4-9-26-20(27)29-13-14-5-2-1-3-6-14/h1-3,5-6,11-12,15H,4,7-10,13H2,(H,26,27). The predicted molar refractivity (Wildman–Crippen MR) is 98.1 cm³/mol. The van der Waals surface area contributed by atoms with Crippen molar-refractivity contribution in [1.29, 1.82) is 0 Å². The zero-order valence-electron chi connectivity index (χ0n) is 15.6. The molecule has 1 N–H and O–H groups in total. The van der Waals surface area contributed by atoms with Crippen LogP contribution in [0.25, 0.3) is 0 Å². The lowest BCUT2D eigenvalue weighted by Gasteiger charge is -2.27. The molecule has 0 saturated heterocycles. The number of alkyl halides is 3. The summed E-state index contributed by atoms with van der Waals surface area (Å²) in [6, 6.07) is 10.9. The maximum atomic E-state index is 13.9. The minimum Gasteiger partial charge on any atom is -0.493 e. The number of hydrogen-bond acceptors (Lipinski definition) is 3. The van der Waals surface area contributed by atoms with E-state index in [0.717, 1.165) is 17.7 Å². The second kappa shape index (κ2) is 9.15. The first-order valence-corrected chi connectivity index (χ1v) is 9.32. The number of amides is 1. The van der Waals surface area contributed by atoms with E-state index in [0.29, 0.717) is 31.4 Å². The maximum Gasteiger partial charge on any atom is 0.419 e. The van der Waals surface area contributed by atoms with E-state index in [4.69, 9.17) is 9.47 Å². The number of ether oxygens (including phenoxy) is 2. The summed E-state index contributed by atoms with van der Waals surface area (Å²) in [6.07, 6.45) is -3.56. The van der Waals surface area contributed by atoms with Gasteiger partial charge in [0.05, 0.1) is 12.2 Å². The highest BCUT2D eigenvalue weighted by atomic mass is 19.4. The minimum atomic E-state index is -4.76. The van der Waals surface area contributed by atoms with E-state index in [-0.39, 0.29) is 24.9 Å². The highest BCUT2D eigenvalue weighted by Gasteiger charge is 2.36. The molecular weight excluding hydrogens is 390 g/mol. The Kier molecular flexibility index (Phi) is 6.61. The first-order chi connectivity index (χ1) is 13.8. The van der Waals surface area contributed by atoms with Gasteiger partial charge in [0.15, 0.2) is 0 Å². The van der Waals surface area contributed by atoms with Crippen molar-refractivity contribution in [2.24, 2.45) is 0 Å². The van der Waals surface area contributed by atoms with Crippen molar-refractivity contribution in [3.63, 3.8) is 0 Å². The maximum absolute atomic E-state index is 13.9. The van der Waals surface area contributed by atoms with Crippen LogP contribution in [0.1, 0.15) is 41.9 Å². The first kappa shape index (κ1) is 21.0. The molecule has 0 spiro atoms. The van der Waals surface area contributed by atoms with Gasteiger partial charge >= 0.3 is 12.3 Å². The molecule has 2 aromatic carbocycles. The predicted octanol–water partition coefficient (Wildman–Crippen LogP) is 5.42. The van der Waals surface area contributed by atoms with E-state index >= 15 is 0 Å². The van der Waals surface area contributed by atoms with Crippen LogP contribution in [0.15, 0.2) is 42.5 Å². The molecule has 2 aromatic rings. The largest absolute Gasteiger partial charge is 0.493 e. The van der Waals surface area contributed by atoms with E-state index < -0.39 is 23.7 Å². The van der Waals surface area contributed by atoms with Crippen LogP contribution in [0, 0.1) is 5.82 Å². The molecule has 1 aliphatic rings. The van der Waals surface area contributed by atoms with E-state index in [2.05, 4.69) is 5.32 Å². The smallest absolute Gasteiger partial charge is 0.419 e. The molecule has 0 bridgehead atoms. The zero-order chi connectivity index (χ0) is 20.9.